The van der Waals surface area contributed by atoms with Gasteiger partial charge in [-0.25, -0.2) is 0 Å². The lowest BCUT2D eigenvalue weighted by Crippen LogP contribution is -2.54. The second-order valence-electron chi connectivity index (χ2n) is 6.79. The highest BCUT2D eigenvalue weighted by atomic mass is 16.2. The predicted octanol–water partition coefficient (Wildman–Crippen LogP) is 0.583. The Labute approximate surface area is 109 Å². The highest BCUT2D eigenvalue weighted by molar-refractivity contribution is 5.82. The molecule has 4 heteroatoms. The Morgan fingerprint density at radius 1 is 1.39 bits per heavy atom. The van der Waals surface area contributed by atoms with Crippen LogP contribution in [0.1, 0.15) is 33.6 Å². The maximum absolute atomic E-state index is 12.2. The van der Waals surface area contributed by atoms with Crippen LogP contribution in [0.3, 0.4) is 0 Å². The average Bonchev–Trinajstić information content (AvgIpc) is 2.91. The van der Waals surface area contributed by atoms with E-state index in [1.807, 2.05) is 0 Å². The maximum Gasteiger partial charge on any atom is 0.237 e. The maximum atomic E-state index is 12.2. The standard InChI is InChI=1S/C14H25N3O/c1-9(13(18)16-11-4-5-11)17-8-10-6-15-7-12(10)14(17,2)3/h9-12,15H,4-8H2,1-3H3,(H,16,18). The summed E-state index contributed by atoms with van der Waals surface area (Å²) in [5, 5.41) is 6.62. The highest BCUT2D eigenvalue weighted by Gasteiger charge is 2.51. The molecule has 3 rings (SSSR count). The van der Waals surface area contributed by atoms with Crippen LogP contribution in [0.15, 0.2) is 0 Å². The van der Waals surface area contributed by atoms with E-state index in [1.165, 1.54) is 0 Å². The fraction of sp³-hybridized carbons (Fsp3) is 0.929. The first kappa shape index (κ1) is 12.4. The lowest BCUT2D eigenvalue weighted by molar-refractivity contribution is -0.127. The molecule has 2 heterocycles. The van der Waals surface area contributed by atoms with E-state index in [9.17, 15) is 4.79 Å². The molecule has 2 aliphatic heterocycles. The number of nitrogens with one attached hydrogen (secondary N) is 2. The quantitative estimate of drug-likeness (QED) is 0.771. The second-order valence-corrected chi connectivity index (χ2v) is 6.79. The van der Waals surface area contributed by atoms with E-state index in [1.54, 1.807) is 0 Å². The summed E-state index contributed by atoms with van der Waals surface area (Å²) >= 11 is 0. The Morgan fingerprint density at radius 2 is 2.11 bits per heavy atom. The van der Waals surface area contributed by atoms with E-state index in [2.05, 4.69) is 36.3 Å². The van der Waals surface area contributed by atoms with E-state index < -0.39 is 0 Å². The zero-order chi connectivity index (χ0) is 12.9. The van der Waals surface area contributed by atoms with Gasteiger partial charge in [-0.2, -0.15) is 0 Å². The monoisotopic (exact) mass is 251 g/mol. The first-order chi connectivity index (χ1) is 8.50. The molecule has 4 nitrogen and oxygen atoms in total. The van der Waals surface area contributed by atoms with Gasteiger partial charge in [0.2, 0.25) is 5.91 Å². The van der Waals surface area contributed by atoms with Gasteiger partial charge in [0, 0.05) is 24.7 Å². The van der Waals surface area contributed by atoms with Crippen molar-refractivity contribution < 1.29 is 4.79 Å². The van der Waals surface area contributed by atoms with Crippen LogP contribution in [0.2, 0.25) is 0 Å². The first-order valence-electron chi connectivity index (χ1n) is 7.28. The van der Waals surface area contributed by atoms with Crippen LogP contribution in [0, 0.1) is 11.8 Å². The number of fused-ring (bicyclic) bond motifs is 1. The van der Waals surface area contributed by atoms with Gasteiger partial charge < -0.3 is 10.6 Å². The van der Waals surface area contributed by atoms with Crippen LogP contribution in [-0.2, 0) is 4.79 Å². The summed E-state index contributed by atoms with van der Waals surface area (Å²) in [6.07, 6.45) is 2.33. The molecule has 3 fully saturated rings. The van der Waals surface area contributed by atoms with Crippen molar-refractivity contribution in [3.63, 3.8) is 0 Å². The molecule has 0 aromatic carbocycles. The minimum atomic E-state index is 0.00574. The van der Waals surface area contributed by atoms with Crippen LogP contribution in [0.5, 0.6) is 0 Å². The van der Waals surface area contributed by atoms with Crippen molar-refractivity contribution in [1.29, 1.82) is 0 Å². The van der Waals surface area contributed by atoms with Crippen molar-refractivity contribution in [2.75, 3.05) is 19.6 Å². The number of likely N-dealkylation sites (tertiary alicyclic amines) is 1. The van der Waals surface area contributed by atoms with Crippen LogP contribution in [-0.4, -0.2) is 48.1 Å². The van der Waals surface area contributed by atoms with Gasteiger partial charge in [-0.15, -0.1) is 0 Å². The second kappa shape index (κ2) is 4.20. The number of carbonyl (C=O) groups is 1. The van der Waals surface area contributed by atoms with Crippen LogP contribution >= 0.6 is 0 Å². The van der Waals surface area contributed by atoms with E-state index in [-0.39, 0.29) is 17.5 Å². The lowest BCUT2D eigenvalue weighted by Gasteiger charge is -2.39. The van der Waals surface area contributed by atoms with Gasteiger partial charge in [0.1, 0.15) is 0 Å². The third-order valence-corrected chi connectivity index (χ3v) is 5.19. The number of nitrogens with zero attached hydrogens (tertiary/aromatic N) is 1. The molecule has 0 bridgehead atoms. The van der Waals surface area contributed by atoms with E-state index in [0.29, 0.717) is 12.0 Å². The molecule has 3 aliphatic rings. The summed E-state index contributed by atoms with van der Waals surface area (Å²) in [6.45, 7) is 9.93. The molecule has 1 saturated carbocycles. The zero-order valence-electron chi connectivity index (χ0n) is 11.7. The van der Waals surface area contributed by atoms with E-state index in [0.717, 1.165) is 38.4 Å². The van der Waals surface area contributed by atoms with Crippen molar-refractivity contribution in [3.8, 4) is 0 Å². The fourth-order valence-electron chi connectivity index (χ4n) is 3.80. The Kier molecular flexibility index (Phi) is 2.90. The molecule has 0 aromatic rings. The molecule has 2 N–H and O–H groups in total. The molecule has 1 aliphatic carbocycles. The smallest absolute Gasteiger partial charge is 0.237 e. The number of carbonyl (C=O) groups excluding carboxylic acids is 1. The summed E-state index contributed by atoms with van der Waals surface area (Å²) in [6, 6.07) is 0.470. The van der Waals surface area contributed by atoms with Crippen molar-refractivity contribution in [2.45, 2.75) is 51.2 Å². The van der Waals surface area contributed by atoms with Crippen molar-refractivity contribution >= 4 is 5.91 Å². The predicted molar refractivity (Wildman–Crippen MR) is 71.3 cm³/mol. The largest absolute Gasteiger partial charge is 0.352 e. The molecule has 3 unspecified atom stereocenters. The summed E-state index contributed by atoms with van der Waals surface area (Å²) in [7, 11) is 0. The SMILES string of the molecule is CC(C(=O)NC1CC1)N1CC2CNCC2C1(C)C. The zero-order valence-corrected chi connectivity index (χ0v) is 11.7. The van der Waals surface area contributed by atoms with E-state index >= 15 is 0 Å². The van der Waals surface area contributed by atoms with E-state index in [4.69, 9.17) is 0 Å². The molecule has 18 heavy (non-hydrogen) atoms. The van der Waals surface area contributed by atoms with Crippen molar-refractivity contribution in [3.05, 3.63) is 0 Å². The molecule has 0 radical (unpaired) electrons. The number of hydrogen-bond donors (Lipinski definition) is 2. The van der Waals surface area contributed by atoms with Crippen molar-refractivity contribution in [1.82, 2.24) is 15.5 Å². The molecule has 3 atom stereocenters. The van der Waals surface area contributed by atoms with Gasteiger partial charge >= 0.3 is 0 Å². The molecule has 0 spiro atoms. The molecule has 1 amide bonds. The van der Waals surface area contributed by atoms with Gasteiger partial charge in [0.25, 0.3) is 0 Å². The normalized spacial score (nSPS) is 36.4. The molecule has 2 saturated heterocycles. The summed E-state index contributed by atoms with van der Waals surface area (Å²) in [4.78, 5) is 14.6. The van der Waals surface area contributed by atoms with Crippen LogP contribution < -0.4 is 10.6 Å². The van der Waals surface area contributed by atoms with Gasteiger partial charge in [0.15, 0.2) is 0 Å². The Morgan fingerprint density at radius 3 is 2.72 bits per heavy atom. The molecular weight excluding hydrogens is 226 g/mol. The fourth-order valence-corrected chi connectivity index (χ4v) is 3.80. The summed E-state index contributed by atoms with van der Waals surface area (Å²) in [5.74, 6) is 1.63. The Hall–Kier alpha value is -0.610. The number of rotatable bonds is 3. The van der Waals surface area contributed by atoms with Gasteiger partial charge in [-0.3, -0.25) is 9.69 Å². The average molecular weight is 251 g/mol. The molecule has 0 aromatic heterocycles. The third-order valence-electron chi connectivity index (χ3n) is 5.19. The van der Waals surface area contributed by atoms with Crippen LogP contribution in [0.25, 0.3) is 0 Å². The number of amides is 1. The Balaban J connectivity index is 1.69. The third kappa shape index (κ3) is 1.95. The first-order valence-corrected chi connectivity index (χ1v) is 7.28. The Bertz CT molecular complexity index is 351. The molecular formula is C14H25N3O. The topological polar surface area (TPSA) is 44.4 Å². The minimum absolute atomic E-state index is 0.00574. The van der Waals surface area contributed by atoms with Gasteiger partial charge in [-0.1, -0.05) is 0 Å². The van der Waals surface area contributed by atoms with Gasteiger partial charge in [-0.05, 0) is 52.0 Å². The van der Waals surface area contributed by atoms with Gasteiger partial charge in [0.05, 0.1) is 6.04 Å². The highest BCUT2D eigenvalue weighted by Crippen LogP contribution is 2.41. The summed E-state index contributed by atoms with van der Waals surface area (Å²) < 4.78 is 0. The minimum Gasteiger partial charge on any atom is -0.352 e. The number of hydrogen-bond acceptors (Lipinski definition) is 3. The molecule has 102 valence electrons. The summed E-state index contributed by atoms with van der Waals surface area (Å²) in [5.41, 5.74) is 0.133. The lowest BCUT2D eigenvalue weighted by atomic mass is 9.84. The van der Waals surface area contributed by atoms with Crippen LogP contribution in [0.4, 0.5) is 0 Å². The van der Waals surface area contributed by atoms with Crippen molar-refractivity contribution in [2.24, 2.45) is 11.8 Å².